The van der Waals surface area contributed by atoms with Gasteiger partial charge in [-0.1, -0.05) is 49.7 Å². The van der Waals surface area contributed by atoms with Crippen LogP contribution in [0.2, 0.25) is 0 Å². The Bertz CT molecular complexity index is 582. The summed E-state index contributed by atoms with van der Waals surface area (Å²) in [5, 5.41) is 0. The summed E-state index contributed by atoms with van der Waals surface area (Å²) >= 11 is 0. The van der Waals surface area contributed by atoms with Gasteiger partial charge in [-0.2, -0.15) is 8.78 Å². The molecule has 2 aromatic rings. The number of unbranched alkanes of at least 4 members (excludes halogenated alkanes) is 1. The Labute approximate surface area is 123 Å². The minimum absolute atomic E-state index is 0.498. The van der Waals surface area contributed by atoms with E-state index in [-0.39, 0.29) is 0 Å². The number of rotatable bonds is 6. The van der Waals surface area contributed by atoms with Crippen molar-refractivity contribution in [2.45, 2.75) is 19.8 Å². The molecule has 0 N–H and O–H groups in total. The highest BCUT2D eigenvalue weighted by Gasteiger charge is 2.00. The lowest BCUT2D eigenvalue weighted by atomic mass is 10.0. The molecule has 0 atom stereocenters. The van der Waals surface area contributed by atoms with Crippen LogP contribution in [0.3, 0.4) is 0 Å². The lowest BCUT2D eigenvalue weighted by Gasteiger charge is -2.07. The normalized spacial score (nSPS) is 10.2. The minimum atomic E-state index is -1.68. The molecule has 0 spiro atoms. The number of halogens is 2. The van der Waals surface area contributed by atoms with E-state index in [1.54, 1.807) is 12.1 Å². The molecular weight excluding hydrogens is 270 g/mol. The van der Waals surface area contributed by atoms with E-state index in [1.807, 2.05) is 36.4 Å². The summed E-state index contributed by atoms with van der Waals surface area (Å²) in [6, 6.07) is 14.8. The molecule has 0 aromatic heterocycles. The predicted octanol–water partition coefficient (Wildman–Crippen LogP) is 5.77. The first-order valence-electron chi connectivity index (χ1n) is 7.05. The number of hydrogen-bond donors (Lipinski definition) is 0. The number of hydrogen-bond acceptors (Lipinski definition) is 1. The van der Waals surface area contributed by atoms with Crippen LogP contribution >= 0.6 is 0 Å². The second kappa shape index (κ2) is 7.58. The van der Waals surface area contributed by atoms with Gasteiger partial charge in [0.25, 0.3) is 6.08 Å². The summed E-state index contributed by atoms with van der Waals surface area (Å²) in [7, 11) is 0. The molecule has 0 saturated carbocycles. The molecule has 2 rings (SSSR count). The van der Waals surface area contributed by atoms with E-state index in [2.05, 4.69) is 6.92 Å². The zero-order valence-electron chi connectivity index (χ0n) is 12.0. The van der Waals surface area contributed by atoms with Crippen LogP contribution in [0.4, 0.5) is 8.78 Å². The minimum Gasteiger partial charge on any atom is -0.494 e. The van der Waals surface area contributed by atoms with Crippen LogP contribution in [0.5, 0.6) is 5.75 Å². The fourth-order valence-corrected chi connectivity index (χ4v) is 1.98. The zero-order valence-corrected chi connectivity index (χ0v) is 12.0. The van der Waals surface area contributed by atoms with Crippen LogP contribution in [-0.4, -0.2) is 6.61 Å². The van der Waals surface area contributed by atoms with Gasteiger partial charge in [0.1, 0.15) is 5.75 Å². The van der Waals surface area contributed by atoms with Gasteiger partial charge in [-0.15, -0.1) is 0 Å². The summed E-state index contributed by atoms with van der Waals surface area (Å²) in [6.45, 7) is 2.85. The molecule has 3 heteroatoms. The maximum Gasteiger partial charge on any atom is 0.270 e. The molecule has 0 aliphatic carbocycles. The molecule has 0 amide bonds. The Morgan fingerprint density at radius 1 is 0.952 bits per heavy atom. The SMILES string of the molecule is CCCCOc1ccc(-c2ccc(C=C(F)F)cc2)cc1. The molecule has 21 heavy (non-hydrogen) atoms. The van der Waals surface area contributed by atoms with Gasteiger partial charge in [0.15, 0.2) is 0 Å². The van der Waals surface area contributed by atoms with Gasteiger partial charge in [-0.25, -0.2) is 0 Å². The molecule has 0 bridgehead atoms. The zero-order chi connectivity index (χ0) is 15.1. The van der Waals surface area contributed by atoms with E-state index in [4.69, 9.17) is 4.74 Å². The Balaban J connectivity index is 2.06. The molecular formula is C18H18F2O. The molecule has 0 saturated heterocycles. The van der Waals surface area contributed by atoms with Gasteiger partial charge in [0, 0.05) is 6.08 Å². The van der Waals surface area contributed by atoms with Gasteiger partial charge in [0.2, 0.25) is 0 Å². The first kappa shape index (κ1) is 15.2. The first-order valence-corrected chi connectivity index (χ1v) is 7.05. The maximum absolute atomic E-state index is 12.2. The van der Waals surface area contributed by atoms with Crippen molar-refractivity contribution in [2.24, 2.45) is 0 Å². The molecule has 0 unspecified atom stereocenters. The quantitative estimate of drug-likeness (QED) is 0.613. The van der Waals surface area contributed by atoms with Crippen LogP contribution in [0.1, 0.15) is 25.3 Å². The first-order chi connectivity index (χ1) is 10.2. The molecule has 0 aliphatic rings. The topological polar surface area (TPSA) is 9.23 Å². The van der Waals surface area contributed by atoms with Crippen molar-refractivity contribution in [3.8, 4) is 16.9 Å². The highest BCUT2D eigenvalue weighted by atomic mass is 19.3. The fraction of sp³-hybridized carbons (Fsp3) is 0.222. The van der Waals surface area contributed by atoms with E-state index < -0.39 is 6.08 Å². The largest absolute Gasteiger partial charge is 0.494 e. The highest BCUT2D eigenvalue weighted by molar-refractivity contribution is 5.66. The maximum atomic E-state index is 12.2. The smallest absolute Gasteiger partial charge is 0.270 e. The second-order valence-electron chi connectivity index (χ2n) is 4.78. The van der Waals surface area contributed by atoms with E-state index in [1.165, 1.54) is 0 Å². The predicted molar refractivity (Wildman–Crippen MR) is 82.5 cm³/mol. The second-order valence-corrected chi connectivity index (χ2v) is 4.78. The summed E-state index contributed by atoms with van der Waals surface area (Å²) < 4.78 is 29.9. The highest BCUT2D eigenvalue weighted by Crippen LogP contribution is 2.23. The summed E-state index contributed by atoms with van der Waals surface area (Å²) in [4.78, 5) is 0. The molecule has 2 aromatic carbocycles. The third-order valence-electron chi connectivity index (χ3n) is 3.14. The third kappa shape index (κ3) is 4.71. The summed E-state index contributed by atoms with van der Waals surface area (Å²) in [5.74, 6) is 0.853. The lowest BCUT2D eigenvalue weighted by molar-refractivity contribution is 0.309. The molecule has 1 nitrogen and oxygen atoms in total. The molecule has 0 heterocycles. The van der Waals surface area contributed by atoms with Crippen molar-refractivity contribution in [1.82, 2.24) is 0 Å². The van der Waals surface area contributed by atoms with Crippen LogP contribution in [-0.2, 0) is 0 Å². The van der Waals surface area contributed by atoms with E-state index >= 15 is 0 Å². The van der Waals surface area contributed by atoms with Crippen LogP contribution in [0.25, 0.3) is 17.2 Å². The van der Waals surface area contributed by atoms with Crippen molar-refractivity contribution in [3.63, 3.8) is 0 Å². The van der Waals surface area contributed by atoms with Gasteiger partial charge >= 0.3 is 0 Å². The fourth-order valence-electron chi connectivity index (χ4n) is 1.98. The van der Waals surface area contributed by atoms with Crippen molar-refractivity contribution in [3.05, 3.63) is 60.2 Å². The van der Waals surface area contributed by atoms with Crippen LogP contribution in [0, 0.1) is 0 Å². The standard InChI is InChI=1S/C18H18F2O/c1-2-3-12-21-17-10-8-16(9-11-17)15-6-4-14(5-7-15)13-18(19)20/h4-11,13H,2-3,12H2,1H3. The van der Waals surface area contributed by atoms with Crippen molar-refractivity contribution >= 4 is 6.08 Å². The Kier molecular flexibility index (Phi) is 5.50. The van der Waals surface area contributed by atoms with Crippen molar-refractivity contribution < 1.29 is 13.5 Å². The van der Waals surface area contributed by atoms with Gasteiger partial charge in [0.05, 0.1) is 6.61 Å². The van der Waals surface area contributed by atoms with Crippen LogP contribution in [0.15, 0.2) is 54.6 Å². The van der Waals surface area contributed by atoms with Crippen molar-refractivity contribution in [1.29, 1.82) is 0 Å². The summed E-state index contributed by atoms with van der Waals surface area (Å²) in [5.41, 5.74) is 2.53. The molecule has 0 aliphatic heterocycles. The van der Waals surface area contributed by atoms with E-state index in [9.17, 15) is 8.78 Å². The Hall–Kier alpha value is -2.16. The molecule has 0 radical (unpaired) electrons. The average molecular weight is 288 g/mol. The molecule has 110 valence electrons. The van der Waals surface area contributed by atoms with Crippen molar-refractivity contribution in [2.75, 3.05) is 6.61 Å². The number of benzene rings is 2. The summed E-state index contributed by atoms with van der Waals surface area (Å²) in [6.07, 6.45) is 1.32. The third-order valence-corrected chi connectivity index (χ3v) is 3.14. The number of ether oxygens (including phenoxy) is 1. The van der Waals surface area contributed by atoms with Gasteiger partial charge in [-0.3, -0.25) is 0 Å². The van der Waals surface area contributed by atoms with E-state index in [0.717, 1.165) is 42.4 Å². The van der Waals surface area contributed by atoms with Crippen LogP contribution < -0.4 is 4.74 Å². The van der Waals surface area contributed by atoms with E-state index in [0.29, 0.717) is 5.56 Å². The molecule has 0 fully saturated rings. The monoisotopic (exact) mass is 288 g/mol. The lowest BCUT2D eigenvalue weighted by Crippen LogP contribution is -1.95. The van der Waals surface area contributed by atoms with Gasteiger partial charge < -0.3 is 4.74 Å². The van der Waals surface area contributed by atoms with Gasteiger partial charge in [-0.05, 0) is 35.2 Å². The average Bonchev–Trinajstić information content (AvgIpc) is 2.49. The Morgan fingerprint density at radius 3 is 2.05 bits per heavy atom. The Morgan fingerprint density at radius 2 is 1.52 bits per heavy atom.